The van der Waals surface area contributed by atoms with Crippen molar-refractivity contribution in [3.8, 4) is 11.1 Å². The van der Waals surface area contributed by atoms with Gasteiger partial charge in [0.25, 0.3) is 5.56 Å². The molecule has 2 saturated heterocycles. The van der Waals surface area contributed by atoms with Gasteiger partial charge in [0.2, 0.25) is 0 Å². The van der Waals surface area contributed by atoms with Crippen LogP contribution in [0.5, 0.6) is 0 Å². The molecule has 2 aliphatic rings. The molecule has 0 amide bonds. The first-order chi connectivity index (χ1) is 14.9. The maximum absolute atomic E-state index is 13.2. The zero-order valence-corrected chi connectivity index (χ0v) is 18.5. The highest BCUT2D eigenvalue weighted by Crippen LogP contribution is 2.31. The number of H-pyrrole nitrogens is 1. The van der Waals surface area contributed by atoms with Gasteiger partial charge >= 0.3 is 0 Å². The molecule has 7 nitrogen and oxygen atoms in total. The van der Waals surface area contributed by atoms with E-state index >= 15 is 0 Å². The Morgan fingerprint density at radius 3 is 2.58 bits per heavy atom. The van der Waals surface area contributed by atoms with E-state index in [4.69, 9.17) is 0 Å². The lowest BCUT2D eigenvalue weighted by Crippen LogP contribution is -2.50. The zero-order valence-electron chi connectivity index (χ0n) is 16.9. The number of aromatic amines is 1. The summed E-state index contributed by atoms with van der Waals surface area (Å²) in [7, 11) is -2.88. The minimum atomic E-state index is -2.88. The number of rotatable bonds is 4. The molecule has 5 rings (SSSR count). The monoisotopic (exact) mass is 462 g/mol. The zero-order chi connectivity index (χ0) is 21.6. The number of fused-ring (bicyclic) bond motifs is 1. The molecule has 1 atom stereocenters. The highest BCUT2D eigenvalue weighted by Gasteiger charge is 2.33. The lowest BCUT2D eigenvalue weighted by Gasteiger charge is -2.37. The third kappa shape index (κ3) is 4.30. The molecule has 1 aromatic carbocycles. The molecule has 2 aromatic heterocycles. The molecule has 0 spiro atoms. The SMILES string of the molecule is O=c1[nH]c(CN2CCN(C3CCS(=O)(=O)C3)CC2)nc2scc(-c3ccc(F)cc3)c12. The van der Waals surface area contributed by atoms with Gasteiger partial charge in [-0.3, -0.25) is 14.6 Å². The van der Waals surface area contributed by atoms with E-state index in [0.29, 0.717) is 28.3 Å². The van der Waals surface area contributed by atoms with Crippen LogP contribution in [-0.2, 0) is 16.4 Å². The van der Waals surface area contributed by atoms with E-state index in [1.165, 1.54) is 23.5 Å². The summed E-state index contributed by atoms with van der Waals surface area (Å²) in [6, 6.07) is 6.24. The largest absolute Gasteiger partial charge is 0.309 e. The van der Waals surface area contributed by atoms with E-state index in [-0.39, 0.29) is 23.2 Å². The van der Waals surface area contributed by atoms with E-state index in [1.807, 2.05) is 5.38 Å². The number of nitrogens with one attached hydrogen (secondary N) is 1. The summed E-state index contributed by atoms with van der Waals surface area (Å²) in [6.07, 6.45) is 0.725. The third-order valence-electron chi connectivity index (χ3n) is 6.15. The first-order valence-corrected chi connectivity index (χ1v) is 13.0. The Bertz CT molecular complexity index is 1260. The number of halogens is 1. The average molecular weight is 463 g/mol. The molecule has 0 aliphatic carbocycles. The third-order valence-corrected chi connectivity index (χ3v) is 8.78. The van der Waals surface area contributed by atoms with Crippen LogP contribution in [0.15, 0.2) is 34.4 Å². The summed E-state index contributed by atoms with van der Waals surface area (Å²) in [5.74, 6) is 0.881. The lowest BCUT2D eigenvalue weighted by atomic mass is 10.1. The fourth-order valence-corrected chi connectivity index (χ4v) is 7.20. The smallest absolute Gasteiger partial charge is 0.260 e. The molecular weight excluding hydrogens is 439 g/mol. The van der Waals surface area contributed by atoms with E-state index in [0.717, 1.165) is 43.7 Å². The standard InChI is InChI=1S/C21H23FN4O3S2/c22-15-3-1-14(2-4-15)17-12-30-21-19(17)20(27)23-18(24-21)11-25-6-8-26(9-7-25)16-5-10-31(28,29)13-16/h1-4,12,16H,5-11,13H2,(H,23,24,27). The Morgan fingerprint density at radius 2 is 1.90 bits per heavy atom. The van der Waals surface area contributed by atoms with Crippen molar-refractivity contribution in [1.29, 1.82) is 0 Å². The van der Waals surface area contributed by atoms with Crippen molar-refractivity contribution < 1.29 is 12.8 Å². The van der Waals surface area contributed by atoms with E-state index < -0.39 is 9.84 Å². The van der Waals surface area contributed by atoms with Crippen LogP contribution in [0.25, 0.3) is 21.3 Å². The minimum Gasteiger partial charge on any atom is -0.309 e. The second-order valence-electron chi connectivity index (χ2n) is 8.22. The van der Waals surface area contributed by atoms with Gasteiger partial charge in [0.15, 0.2) is 9.84 Å². The number of thiophene rings is 1. The van der Waals surface area contributed by atoms with Crippen molar-refractivity contribution in [3.63, 3.8) is 0 Å². The van der Waals surface area contributed by atoms with Gasteiger partial charge in [0.1, 0.15) is 16.5 Å². The Morgan fingerprint density at radius 1 is 1.16 bits per heavy atom. The number of nitrogens with zero attached hydrogens (tertiary/aromatic N) is 3. The van der Waals surface area contributed by atoms with Gasteiger partial charge in [0.05, 0.1) is 23.4 Å². The van der Waals surface area contributed by atoms with Crippen LogP contribution in [0.4, 0.5) is 4.39 Å². The van der Waals surface area contributed by atoms with Gasteiger partial charge < -0.3 is 4.98 Å². The molecule has 31 heavy (non-hydrogen) atoms. The summed E-state index contributed by atoms with van der Waals surface area (Å²) in [5.41, 5.74) is 1.37. The molecule has 2 fully saturated rings. The molecule has 2 aliphatic heterocycles. The molecular formula is C21H23FN4O3S2. The Hall–Kier alpha value is -2.14. The van der Waals surface area contributed by atoms with Crippen LogP contribution < -0.4 is 5.56 Å². The molecule has 10 heteroatoms. The van der Waals surface area contributed by atoms with Crippen LogP contribution in [0.3, 0.4) is 0 Å². The van der Waals surface area contributed by atoms with Crippen LogP contribution >= 0.6 is 11.3 Å². The fourth-order valence-electron chi connectivity index (χ4n) is 4.47. The molecule has 0 radical (unpaired) electrons. The molecule has 0 bridgehead atoms. The maximum Gasteiger partial charge on any atom is 0.260 e. The van der Waals surface area contributed by atoms with E-state index in [1.54, 1.807) is 12.1 Å². The summed E-state index contributed by atoms with van der Waals surface area (Å²) in [4.78, 5) is 25.6. The summed E-state index contributed by atoms with van der Waals surface area (Å²) < 4.78 is 36.7. The molecule has 164 valence electrons. The van der Waals surface area contributed by atoms with Gasteiger partial charge in [-0.1, -0.05) is 12.1 Å². The maximum atomic E-state index is 13.2. The van der Waals surface area contributed by atoms with E-state index in [2.05, 4.69) is 19.8 Å². The van der Waals surface area contributed by atoms with Crippen LogP contribution in [-0.4, -0.2) is 71.9 Å². The average Bonchev–Trinajstić information content (AvgIpc) is 3.33. The van der Waals surface area contributed by atoms with Gasteiger partial charge in [-0.05, 0) is 24.1 Å². The normalized spacial score (nSPS) is 22.3. The van der Waals surface area contributed by atoms with Crippen molar-refractivity contribution >= 4 is 31.4 Å². The quantitative estimate of drug-likeness (QED) is 0.639. The topological polar surface area (TPSA) is 86.4 Å². The second-order valence-corrected chi connectivity index (χ2v) is 11.3. The number of benzene rings is 1. The van der Waals surface area contributed by atoms with Gasteiger partial charge in [-0.25, -0.2) is 17.8 Å². The van der Waals surface area contributed by atoms with Crippen molar-refractivity contribution in [3.05, 3.63) is 51.6 Å². The molecule has 1 unspecified atom stereocenters. The number of aromatic nitrogens is 2. The molecule has 4 heterocycles. The summed E-state index contributed by atoms with van der Waals surface area (Å²) in [5, 5.41) is 2.42. The van der Waals surface area contributed by atoms with Crippen molar-refractivity contribution in [2.45, 2.75) is 19.0 Å². The van der Waals surface area contributed by atoms with Crippen molar-refractivity contribution in [1.82, 2.24) is 19.8 Å². The first-order valence-electron chi connectivity index (χ1n) is 10.3. The number of sulfone groups is 1. The van der Waals surface area contributed by atoms with Gasteiger partial charge in [-0.2, -0.15) is 0 Å². The van der Waals surface area contributed by atoms with Crippen LogP contribution in [0.2, 0.25) is 0 Å². The summed E-state index contributed by atoms with van der Waals surface area (Å²) >= 11 is 1.41. The Balaban J connectivity index is 1.29. The number of hydrogen-bond donors (Lipinski definition) is 1. The lowest BCUT2D eigenvalue weighted by molar-refractivity contribution is 0.0984. The highest BCUT2D eigenvalue weighted by atomic mass is 32.2. The van der Waals surface area contributed by atoms with Crippen LogP contribution in [0.1, 0.15) is 12.2 Å². The number of hydrogen-bond acceptors (Lipinski definition) is 7. The van der Waals surface area contributed by atoms with Crippen LogP contribution in [0, 0.1) is 5.82 Å². The minimum absolute atomic E-state index is 0.137. The predicted molar refractivity (Wildman–Crippen MR) is 120 cm³/mol. The van der Waals surface area contributed by atoms with E-state index in [9.17, 15) is 17.6 Å². The van der Waals surface area contributed by atoms with Crippen molar-refractivity contribution in [2.75, 3.05) is 37.7 Å². The number of piperazine rings is 1. The molecule has 0 saturated carbocycles. The fraction of sp³-hybridized carbons (Fsp3) is 0.429. The first kappa shape index (κ1) is 20.7. The predicted octanol–water partition coefficient (Wildman–Crippen LogP) is 2.10. The molecule has 1 N–H and O–H groups in total. The molecule has 3 aromatic rings. The second kappa shape index (κ2) is 8.09. The summed E-state index contributed by atoms with van der Waals surface area (Å²) in [6.45, 7) is 3.81. The van der Waals surface area contributed by atoms with Gasteiger partial charge in [-0.15, -0.1) is 11.3 Å². The highest BCUT2D eigenvalue weighted by molar-refractivity contribution is 7.91. The Labute approximate surface area is 183 Å². The van der Waals surface area contributed by atoms with Gasteiger partial charge in [0, 0.05) is 43.2 Å². The van der Waals surface area contributed by atoms with Crippen molar-refractivity contribution in [2.24, 2.45) is 0 Å². The Kier molecular flexibility index (Phi) is 5.41.